The molecule has 0 saturated carbocycles. The lowest BCUT2D eigenvalue weighted by molar-refractivity contribution is -0.0261. The van der Waals surface area contributed by atoms with Crippen molar-refractivity contribution in [2.75, 3.05) is 40.0 Å². The normalized spacial score (nSPS) is 25.9. The van der Waals surface area contributed by atoms with Crippen LogP contribution in [0.15, 0.2) is 24.3 Å². The van der Waals surface area contributed by atoms with Crippen molar-refractivity contribution in [3.8, 4) is 5.75 Å². The third kappa shape index (κ3) is 4.70. The second-order valence-corrected chi connectivity index (χ2v) is 6.76. The Balaban J connectivity index is 1.47. The Labute approximate surface area is 144 Å². The number of likely N-dealkylation sites (tertiary alicyclic amines) is 1. The maximum atomic E-state index is 10.3. The van der Waals surface area contributed by atoms with Crippen LogP contribution in [0.25, 0.3) is 0 Å². The topological polar surface area (TPSA) is 51.2 Å². The molecule has 2 saturated heterocycles. The smallest absolute Gasteiger partial charge is 0.119 e. The molecule has 3 rings (SSSR count). The van der Waals surface area contributed by atoms with Gasteiger partial charge in [0.1, 0.15) is 5.75 Å². The molecule has 0 aromatic heterocycles. The van der Waals surface area contributed by atoms with E-state index in [-0.39, 0.29) is 6.10 Å². The zero-order chi connectivity index (χ0) is 16.8. The second kappa shape index (κ2) is 8.81. The largest absolute Gasteiger partial charge is 0.497 e. The highest BCUT2D eigenvalue weighted by Crippen LogP contribution is 2.33. The average Bonchev–Trinajstić information content (AvgIpc) is 3.27. The van der Waals surface area contributed by atoms with Crippen molar-refractivity contribution in [3.05, 3.63) is 29.8 Å². The average molecular weight is 335 g/mol. The Bertz CT molecular complexity index is 504. The summed E-state index contributed by atoms with van der Waals surface area (Å²) in [4.78, 5) is 2.36. The number of ether oxygens (including phenoxy) is 3. The maximum Gasteiger partial charge on any atom is 0.119 e. The first-order valence-corrected chi connectivity index (χ1v) is 9.01. The number of hydrogen-bond donors (Lipinski definition) is 1. The van der Waals surface area contributed by atoms with Crippen molar-refractivity contribution >= 4 is 0 Å². The van der Waals surface area contributed by atoms with Crippen molar-refractivity contribution in [2.45, 2.75) is 43.9 Å². The number of hydrogen-bond acceptors (Lipinski definition) is 5. The van der Waals surface area contributed by atoms with Crippen LogP contribution in [0.2, 0.25) is 0 Å². The van der Waals surface area contributed by atoms with Gasteiger partial charge >= 0.3 is 0 Å². The summed E-state index contributed by atoms with van der Waals surface area (Å²) in [6, 6.07) is 8.60. The summed E-state index contributed by atoms with van der Waals surface area (Å²) in [6.45, 7) is 3.47. The molecule has 0 aliphatic carbocycles. The number of methoxy groups -OCH3 is 1. The fourth-order valence-electron chi connectivity index (χ4n) is 3.71. The first-order chi connectivity index (χ1) is 11.8. The fourth-order valence-corrected chi connectivity index (χ4v) is 3.71. The molecule has 1 N–H and O–H groups in total. The Hall–Kier alpha value is -1.14. The van der Waals surface area contributed by atoms with Crippen LogP contribution in [-0.2, 0) is 9.47 Å². The molecule has 2 fully saturated rings. The summed E-state index contributed by atoms with van der Waals surface area (Å²) in [7, 11) is 1.70. The van der Waals surface area contributed by atoms with E-state index >= 15 is 0 Å². The number of β-amino-alcohol motifs (C(OH)–C–C–N with tert-alkyl or cyclic N) is 1. The van der Waals surface area contributed by atoms with Gasteiger partial charge in [0.15, 0.2) is 0 Å². The number of nitrogens with zero attached hydrogens (tertiary/aromatic N) is 1. The lowest BCUT2D eigenvalue weighted by Gasteiger charge is -2.27. The first kappa shape index (κ1) is 17.7. The van der Waals surface area contributed by atoms with Gasteiger partial charge in [-0.05, 0) is 49.9 Å². The zero-order valence-corrected chi connectivity index (χ0v) is 14.5. The van der Waals surface area contributed by atoms with E-state index in [4.69, 9.17) is 14.2 Å². The quantitative estimate of drug-likeness (QED) is 0.790. The van der Waals surface area contributed by atoms with E-state index in [1.54, 1.807) is 7.11 Å². The van der Waals surface area contributed by atoms with Crippen LogP contribution in [-0.4, -0.2) is 62.2 Å². The van der Waals surface area contributed by atoms with E-state index in [1.807, 2.05) is 12.1 Å². The Morgan fingerprint density at radius 1 is 1.33 bits per heavy atom. The van der Waals surface area contributed by atoms with Gasteiger partial charge in [-0.1, -0.05) is 12.1 Å². The monoisotopic (exact) mass is 335 g/mol. The Kier molecular flexibility index (Phi) is 6.49. The summed E-state index contributed by atoms with van der Waals surface area (Å²) in [5.41, 5.74) is 1.26. The van der Waals surface area contributed by atoms with Crippen LogP contribution in [0.1, 0.15) is 37.3 Å². The van der Waals surface area contributed by atoms with Gasteiger partial charge < -0.3 is 19.3 Å². The van der Waals surface area contributed by atoms with Gasteiger partial charge in [-0.15, -0.1) is 0 Å². The SMILES string of the molecule is COc1cccc(C2CCCN2CC(O)COCC2CCCO2)c1. The zero-order valence-electron chi connectivity index (χ0n) is 14.5. The van der Waals surface area contributed by atoms with Crippen LogP contribution < -0.4 is 4.74 Å². The first-order valence-electron chi connectivity index (χ1n) is 9.01. The van der Waals surface area contributed by atoms with Gasteiger partial charge in [0.2, 0.25) is 0 Å². The molecular weight excluding hydrogens is 306 g/mol. The van der Waals surface area contributed by atoms with Gasteiger partial charge in [0.05, 0.1) is 32.5 Å². The number of aliphatic hydroxyl groups excluding tert-OH is 1. The standard InChI is InChI=1S/C19H29NO4/c1-22-17-6-2-5-15(11-17)19-8-3-9-20(19)12-16(21)13-23-14-18-7-4-10-24-18/h2,5-6,11,16,18-19,21H,3-4,7-10,12-14H2,1H3. The molecule has 134 valence electrons. The van der Waals surface area contributed by atoms with E-state index in [0.717, 1.165) is 44.6 Å². The predicted molar refractivity (Wildman–Crippen MR) is 92.3 cm³/mol. The summed E-state index contributed by atoms with van der Waals surface area (Å²) >= 11 is 0. The molecule has 5 nitrogen and oxygen atoms in total. The minimum absolute atomic E-state index is 0.216. The van der Waals surface area contributed by atoms with Crippen molar-refractivity contribution < 1.29 is 19.3 Å². The molecule has 0 spiro atoms. The number of rotatable bonds is 8. The fraction of sp³-hybridized carbons (Fsp3) is 0.684. The van der Waals surface area contributed by atoms with Crippen LogP contribution >= 0.6 is 0 Å². The third-order valence-electron chi connectivity index (χ3n) is 4.93. The number of benzene rings is 1. The van der Waals surface area contributed by atoms with E-state index in [0.29, 0.717) is 25.8 Å². The van der Waals surface area contributed by atoms with E-state index in [1.165, 1.54) is 5.56 Å². The minimum atomic E-state index is -0.461. The van der Waals surface area contributed by atoms with Crippen molar-refractivity contribution in [1.82, 2.24) is 4.90 Å². The van der Waals surface area contributed by atoms with E-state index in [2.05, 4.69) is 17.0 Å². The molecule has 3 unspecified atom stereocenters. The van der Waals surface area contributed by atoms with Crippen LogP contribution in [0.3, 0.4) is 0 Å². The van der Waals surface area contributed by atoms with Gasteiger partial charge in [-0.2, -0.15) is 0 Å². The van der Waals surface area contributed by atoms with Crippen molar-refractivity contribution in [1.29, 1.82) is 0 Å². The van der Waals surface area contributed by atoms with E-state index < -0.39 is 6.10 Å². The molecule has 2 heterocycles. The highest BCUT2D eigenvalue weighted by Gasteiger charge is 2.28. The molecule has 0 bridgehead atoms. The van der Waals surface area contributed by atoms with Gasteiger partial charge in [0.25, 0.3) is 0 Å². The molecule has 3 atom stereocenters. The lowest BCUT2D eigenvalue weighted by atomic mass is 10.0. The lowest BCUT2D eigenvalue weighted by Crippen LogP contribution is -2.35. The summed E-state index contributed by atoms with van der Waals surface area (Å²) in [5.74, 6) is 0.889. The molecule has 0 amide bonds. The van der Waals surface area contributed by atoms with E-state index in [9.17, 15) is 5.11 Å². The van der Waals surface area contributed by atoms with Crippen molar-refractivity contribution in [2.24, 2.45) is 0 Å². The van der Waals surface area contributed by atoms with Crippen LogP contribution in [0.4, 0.5) is 0 Å². The molecule has 1 aromatic rings. The molecule has 24 heavy (non-hydrogen) atoms. The molecule has 2 aliphatic heterocycles. The minimum Gasteiger partial charge on any atom is -0.497 e. The Morgan fingerprint density at radius 3 is 3.04 bits per heavy atom. The summed E-state index contributed by atoms with van der Waals surface area (Å²) in [5, 5.41) is 10.3. The van der Waals surface area contributed by atoms with Crippen molar-refractivity contribution in [3.63, 3.8) is 0 Å². The number of aliphatic hydroxyl groups is 1. The maximum absolute atomic E-state index is 10.3. The van der Waals surface area contributed by atoms with Gasteiger partial charge in [0, 0.05) is 19.2 Å². The third-order valence-corrected chi connectivity index (χ3v) is 4.93. The highest BCUT2D eigenvalue weighted by molar-refractivity contribution is 5.31. The predicted octanol–water partition coefficient (Wildman–Crippen LogP) is 2.39. The second-order valence-electron chi connectivity index (χ2n) is 6.76. The van der Waals surface area contributed by atoms with Gasteiger partial charge in [-0.3, -0.25) is 4.90 Å². The van der Waals surface area contributed by atoms with Crippen LogP contribution in [0.5, 0.6) is 5.75 Å². The molecule has 0 radical (unpaired) electrons. The summed E-state index contributed by atoms with van der Waals surface area (Å²) in [6.07, 6.45) is 4.22. The van der Waals surface area contributed by atoms with Crippen LogP contribution in [0, 0.1) is 0 Å². The summed E-state index contributed by atoms with van der Waals surface area (Å²) < 4.78 is 16.5. The molecular formula is C19H29NO4. The Morgan fingerprint density at radius 2 is 2.25 bits per heavy atom. The molecule has 1 aromatic carbocycles. The molecule has 5 heteroatoms. The van der Waals surface area contributed by atoms with Gasteiger partial charge in [-0.25, -0.2) is 0 Å². The highest BCUT2D eigenvalue weighted by atomic mass is 16.5. The molecule has 2 aliphatic rings.